The topological polar surface area (TPSA) is 46.9 Å². The number of nitrogens with one attached hydrogen (secondary N) is 1. The molecule has 0 aliphatic heterocycles. The molecule has 0 bridgehead atoms. The van der Waals surface area contributed by atoms with Gasteiger partial charge in [0.15, 0.2) is 0 Å². The van der Waals surface area contributed by atoms with Crippen molar-refractivity contribution in [1.82, 2.24) is 15.1 Å². The van der Waals surface area contributed by atoms with Gasteiger partial charge in [0.05, 0.1) is 6.04 Å². The second-order valence-electron chi connectivity index (χ2n) is 4.45. The predicted octanol–water partition coefficient (Wildman–Crippen LogP) is 2.22. The molecule has 4 heteroatoms. The van der Waals surface area contributed by atoms with Crippen molar-refractivity contribution >= 4 is 5.91 Å². The summed E-state index contributed by atoms with van der Waals surface area (Å²) in [4.78, 5) is 12.0. The molecule has 1 N–H and O–H groups in total. The molecule has 0 spiro atoms. The predicted molar refractivity (Wildman–Crippen MR) is 70.3 cm³/mol. The van der Waals surface area contributed by atoms with Gasteiger partial charge in [-0.1, -0.05) is 29.8 Å². The summed E-state index contributed by atoms with van der Waals surface area (Å²) in [6.07, 6.45) is 1.62. The van der Waals surface area contributed by atoms with E-state index in [0.29, 0.717) is 5.69 Å². The molecule has 0 fully saturated rings. The molecule has 18 heavy (non-hydrogen) atoms. The van der Waals surface area contributed by atoms with Gasteiger partial charge in [-0.25, -0.2) is 0 Å². The smallest absolute Gasteiger partial charge is 0.270 e. The Kier molecular flexibility index (Phi) is 3.46. The van der Waals surface area contributed by atoms with Gasteiger partial charge in [0.2, 0.25) is 0 Å². The fourth-order valence-corrected chi connectivity index (χ4v) is 1.81. The van der Waals surface area contributed by atoms with Gasteiger partial charge in [-0.3, -0.25) is 9.48 Å². The molecule has 0 unspecified atom stereocenters. The number of aromatic nitrogens is 2. The maximum Gasteiger partial charge on any atom is 0.270 e. The third-order valence-electron chi connectivity index (χ3n) is 2.98. The molecular formula is C14H17N3O. The fourth-order valence-electron chi connectivity index (χ4n) is 1.81. The molecule has 0 saturated heterocycles. The number of aryl methyl sites for hydroxylation is 2. The van der Waals surface area contributed by atoms with Crippen LogP contribution in [0.5, 0.6) is 0 Å². The van der Waals surface area contributed by atoms with Crippen molar-refractivity contribution in [2.24, 2.45) is 7.05 Å². The Balaban J connectivity index is 2.08. The van der Waals surface area contributed by atoms with E-state index in [1.54, 1.807) is 24.0 Å². The largest absolute Gasteiger partial charge is 0.344 e. The average molecular weight is 243 g/mol. The van der Waals surface area contributed by atoms with E-state index in [4.69, 9.17) is 0 Å². The Hall–Kier alpha value is -2.10. The van der Waals surface area contributed by atoms with E-state index < -0.39 is 0 Å². The number of hydrogen-bond donors (Lipinski definition) is 1. The lowest BCUT2D eigenvalue weighted by molar-refractivity contribution is 0.0930. The summed E-state index contributed by atoms with van der Waals surface area (Å²) in [5.41, 5.74) is 2.87. The zero-order valence-corrected chi connectivity index (χ0v) is 10.8. The number of rotatable bonds is 3. The lowest BCUT2D eigenvalue weighted by Crippen LogP contribution is -2.28. The van der Waals surface area contributed by atoms with Crippen LogP contribution in [0.15, 0.2) is 36.5 Å². The minimum Gasteiger partial charge on any atom is -0.344 e. The molecule has 1 aromatic carbocycles. The fraction of sp³-hybridized carbons (Fsp3) is 0.286. The van der Waals surface area contributed by atoms with E-state index >= 15 is 0 Å². The summed E-state index contributed by atoms with van der Waals surface area (Å²) < 4.78 is 1.57. The second kappa shape index (κ2) is 5.04. The minimum atomic E-state index is -0.108. The normalized spacial score (nSPS) is 12.2. The molecule has 1 heterocycles. The summed E-state index contributed by atoms with van der Waals surface area (Å²) in [7, 11) is 1.76. The number of carbonyl (C=O) groups is 1. The first kappa shape index (κ1) is 12.4. The highest BCUT2D eigenvalue weighted by Crippen LogP contribution is 2.13. The standard InChI is InChI=1S/C14H17N3O/c1-10-4-6-12(7-5-10)11(2)16-14(18)13-8-9-15-17(13)3/h4-9,11H,1-3H3,(H,16,18)/t11-/m0/s1. The van der Waals surface area contributed by atoms with Gasteiger partial charge >= 0.3 is 0 Å². The zero-order chi connectivity index (χ0) is 13.1. The van der Waals surface area contributed by atoms with E-state index in [2.05, 4.69) is 10.4 Å². The van der Waals surface area contributed by atoms with Crippen molar-refractivity contribution in [3.05, 3.63) is 53.3 Å². The Morgan fingerprint density at radius 2 is 1.94 bits per heavy atom. The summed E-state index contributed by atoms with van der Waals surface area (Å²) in [5, 5.41) is 6.94. The second-order valence-corrected chi connectivity index (χ2v) is 4.45. The zero-order valence-electron chi connectivity index (χ0n) is 10.8. The lowest BCUT2D eigenvalue weighted by Gasteiger charge is -2.14. The van der Waals surface area contributed by atoms with Crippen LogP contribution >= 0.6 is 0 Å². The molecule has 94 valence electrons. The van der Waals surface area contributed by atoms with Crippen LogP contribution in [0.1, 0.15) is 34.6 Å². The Labute approximate surface area is 107 Å². The first-order valence-corrected chi connectivity index (χ1v) is 5.93. The van der Waals surface area contributed by atoms with Crippen LogP contribution in [-0.2, 0) is 7.05 Å². The van der Waals surface area contributed by atoms with Crippen molar-refractivity contribution in [2.75, 3.05) is 0 Å². The quantitative estimate of drug-likeness (QED) is 0.898. The molecule has 4 nitrogen and oxygen atoms in total. The van der Waals surface area contributed by atoms with E-state index in [-0.39, 0.29) is 11.9 Å². The van der Waals surface area contributed by atoms with E-state index in [9.17, 15) is 4.79 Å². The maximum atomic E-state index is 12.0. The summed E-state index contributed by atoms with van der Waals surface area (Å²) >= 11 is 0. The van der Waals surface area contributed by atoms with Crippen LogP contribution in [0.4, 0.5) is 0 Å². The van der Waals surface area contributed by atoms with Crippen molar-refractivity contribution in [3.63, 3.8) is 0 Å². The summed E-state index contributed by atoms with van der Waals surface area (Å²) in [5.74, 6) is -0.108. The van der Waals surface area contributed by atoms with Crippen LogP contribution < -0.4 is 5.32 Å². The molecule has 1 aromatic heterocycles. The average Bonchev–Trinajstić information content (AvgIpc) is 2.76. The Morgan fingerprint density at radius 3 is 2.50 bits per heavy atom. The Bertz CT molecular complexity index is 542. The van der Waals surface area contributed by atoms with Crippen molar-refractivity contribution in [2.45, 2.75) is 19.9 Å². The lowest BCUT2D eigenvalue weighted by atomic mass is 10.1. The number of amides is 1. The monoisotopic (exact) mass is 243 g/mol. The van der Waals surface area contributed by atoms with Crippen LogP contribution in [0.3, 0.4) is 0 Å². The molecule has 0 aliphatic carbocycles. The van der Waals surface area contributed by atoms with Crippen LogP contribution in [0.25, 0.3) is 0 Å². The van der Waals surface area contributed by atoms with E-state index in [0.717, 1.165) is 5.56 Å². The molecule has 0 aliphatic rings. The number of carbonyl (C=O) groups excluding carboxylic acids is 1. The first-order chi connectivity index (χ1) is 8.58. The molecular weight excluding hydrogens is 226 g/mol. The minimum absolute atomic E-state index is 0.0204. The number of hydrogen-bond acceptors (Lipinski definition) is 2. The third kappa shape index (κ3) is 2.59. The van der Waals surface area contributed by atoms with E-state index in [1.807, 2.05) is 38.1 Å². The van der Waals surface area contributed by atoms with Crippen molar-refractivity contribution < 1.29 is 4.79 Å². The highest BCUT2D eigenvalue weighted by molar-refractivity contribution is 5.92. The van der Waals surface area contributed by atoms with Crippen molar-refractivity contribution in [3.8, 4) is 0 Å². The number of nitrogens with zero attached hydrogens (tertiary/aromatic N) is 2. The van der Waals surface area contributed by atoms with Gasteiger partial charge < -0.3 is 5.32 Å². The van der Waals surface area contributed by atoms with Gasteiger partial charge in [-0.15, -0.1) is 0 Å². The molecule has 1 amide bonds. The highest BCUT2D eigenvalue weighted by Gasteiger charge is 2.13. The number of benzene rings is 1. The molecule has 2 aromatic rings. The first-order valence-electron chi connectivity index (χ1n) is 5.93. The van der Waals surface area contributed by atoms with Gasteiger partial charge in [0, 0.05) is 13.2 Å². The van der Waals surface area contributed by atoms with Crippen LogP contribution in [-0.4, -0.2) is 15.7 Å². The third-order valence-corrected chi connectivity index (χ3v) is 2.98. The van der Waals surface area contributed by atoms with Crippen LogP contribution in [0.2, 0.25) is 0 Å². The Morgan fingerprint density at radius 1 is 1.28 bits per heavy atom. The maximum absolute atomic E-state index is 12.0. The molecule has 2 rings (SSSR count). The van der Waals surface area contributed by atoms with Crippen molar-refractivity contribution in [1.29, 1.82) is 0 Å². The van der Waals surface area contributed by atoms with E-state index in [1.165, 1.54) is 5.56 Å². The molecule has 0 saturated carbocycles. The highest BCUT2D eigenvalue weighted by atomic mass is 16.2. The van der Waals surface area contributed by atoms with Gasteiger partial charge in [0.25, 0.3) is 5.91 Å². The van der Waals surface area contributed by atoms with Gasteiger partial charge in [-0.2, -0.15) is 5.10 Å². The van der Waals surface area contributed by atoms with Gasteiger partial charge in [-0.05, 0) is 25.5 Å². The summed E-state index contributed by atoms with van der Waals surface area (Å²) in [6, 6.07) is 9.84. The molecule has 0 radical (unpaired) electrons. The molecule has 1 atom stereocenters. The van der Waals surface area contributed by atoms with Crippen LogP contribution in [0, 0.1) is 6.92 Å². The SMILES string of the molecule is Cc1ccc([C@H](C)NC(=O)c2ccnn2C)cc1. The summed E-state index contributed by atoms with van der Waals surface area (Å²) in [6.45, 7) is 4.02. The van der Waals surface area contributed by atoms with Gasteiger partial charge in [0.1, 0.15) is 5.69 Å².